The molecule has 1 aromatic heterocycles. The van der Waals surface area contributed by atoms with Gasteiger partial charge in [0.05, 0.1) is 17.4 Å². The largest absolute Gasteiger partial charge is 0.481 e. The molecule has 3 aromatic rings. The van der Waals surface area contributed by atoms with Gasteiger partial charge in [-0.25, -0.2) is 17.2 Å². The van der Waals surface area contributed by atoms with Crippen molar-refractivity contribution in [1.29, 1.82) is 0 Å². The molecule has 2 unspecified atom stereocenters. The Hall–Kier alpha value is -4.28. The number of thiophene rings is 1. The lowest BCUT2D eigenvalue weighted by Gasteiger charge is -2.30. The van der Waals surface area contributed by atoms with Crippen molar-refractivity contribution in [2.24, 2.45) is 0 Å². The van der Waals surface area contributed by atoms with Crippen LogP contribution in [0.2, 0.25) is 0 Å². The zero-order chi connectivity index (χ0) is 29.2. The number of halogens is 2. The number of non-ortho nitro benzene ring substituents is 1. The van der Waals surface area contributed by atoms with Crippen LogP contribution in [0.5, 0.6) is 0 Å². The number of nitrogens with zero attached hydrogens (tertiary/aromatic N) is 3. The molecule has 2 aromatic carbocycles. The van der Waals surface area contributed by atoms with Gasteiger partial charge in [-0.3, -0.25) is 24.5 Å². The summed E-state index contributed by atoms with van der Waals surface area (Å²) in [5.74, 6) is -6.01. The van der Waals surface area contributed by atoms with Gasteiger partial charge >= 0.3 is 5.97 Å². The first-order valence-corrected chi connectivity index (χ1v) is 13.8. The molecule has 0 radical (unpaired) electrons. The molecule has 0 saturated carbocycles. The number of carbonyl (C=O) groups excluding carboxylic acids is 2. The van der Waals surface area contributed by atoms with Crippen LogP contribution in [0.1, 0.15) is 28.4 Å². The van der Waals surface area contributed by atoms with Gasteiger partial charge in [-0.1, -0.05) is 18.2 Å². The molecule has 16 heteroatoms. The molecule has 210 valence electrons. The van der Waals surface area contributed by atoms with Gasteiger partial charge in [0.25, 0.3) is 27.5 Å². The van der Waals surface area contributed by atoms with Gasteiger partial charge in [0, 0.05) is 30.8 Å². The lowest BCUT2D eigenvalue weighted by Crippen LogP contribution is -2.54. The molecule has 0 bridgehead atoms. The summed E-state index contributed by atoms with van der Waals surface area (Å²) < 4.78 is 54.8. The molecule has 2 atom stereocenters. The normalized spacial score (nSPS) is 16.4. The molecule has 1 aliphatic heterocycles. The monoisotopic (exact) mass is 594 g/mol. The molecule has 40 heavy (non-hydrogen) atoms. The summed E-state index contributed by atoms with van der Waals surface area (Å²) >= 11 is 0.866. The zero-order valence-corrected chi connectivity index (χ0v) is 21.9. The third-order valence-corrected chi connectivity index (χ3v) is 9.25. The molecule has 1 saturated heterocycles. The van der Waals surface area contributed by atoms with Crippen LogP contribution in [0.3, 0.4) is 0 Å². The Morgan fingerprint density at radius 3 is 2.48 bits per heavy atom. The summed E-state index contributed by atoms with van der Waals surface area (Å²) in [4.78, 5) is 49.9. The first-order valence-electron chi connectivity index (χ1n) is 11.5. The smallest absolute Gasteiger partial charge is 0.305 e. The number of carboxylic acid groups (broad SMARTS) is 1. The fraction of sp³-hybridized carbons (Fsp3) is 0.208. The van der Waals surface area contributed by atoms with Crippen LogP contribution in [-0.4, -0.2) is 64.7 Å². The quantitative estimate of drug-likeness (QED) is 0.282. The number of carboxylic acids is 1. The van der Waals surface area contributed by atoms with Crippen molar-refractivity contribution in [3.05, 3.63) is 92.9 Å². The Balaban J connectivity index is 1.73. The third kappa shape index (κ3) is 5.83. The molecule has 0 spiro atoms. The van der Waals surface area contributed by atoms with Crippen molar-refractivity contribution < 1.29 is 41.6 Å². The summed E-state index contributed by atoms with van der Waals surface area (Å²) in [7, 11) is -4.34. The number of nitrogens with one attached hydrogen (secondary N) is 1. The number of benzene rings is 2. The summed E-state index contributed by atoms with van der Waals surface area (Å²) in [5, 5.41) is 24.6. The molecule has 2 amide bonds. The highest BCUT2D eigenvalue weighted by Gasteiger charge is 2.47. The van der Waals surface area contributed by atoms with E-state index >= 15 is 0 Å². The van der Waals surface area contributed by atoms with Crippen LogP contribution in [0.4, 0.5) is 14.5 Å². The van der Waals surface area contributed by atoms with Gasteiger partial charge in [0.1, 0.15) is 4.21 Å². The number of hydrogen-bond donors (Lipinski definition) is 2. The molecule has 0 aliphatic carbocycles. The van der Waals surface area contributed by atoms with Gasteiger partial charge in [0.2, 0.25) is 0 Å². The average Bonchev–Trinajstić information content (AvgIpc) is 3.61. The third-order valence-electron chi connectivity index (χ3n) is 6.03. The van der Waals surface area contributed by atoms with E-state index < -0.39 is 63.0 Å². The zero-order valence-electron chi connectivity index (χ0n) is 20.3. The molecule has 4 rings (SSSR count). The Kier molecular flexibility index (Phi) is 8.22. The number of nitro groups is 1. The summed E-state index contributed by atoms with van der Waals surface area (Å²) in [6.07, 6.45) is -2.57. The summed E-state index contributed by atoms with van der Waals surface area (Å²) in [6, 6.07) is 8.57. The number of nitro benzene ring substituents is 1. The van der Waals surface area contributed by atoms with Crippen LogP contribution in [-0.2, 0) is 19.6 Å². The number of hydrogen-bond acceptors (Lipinski definition) is 8. The highest BCUT2D eigenvalue weighted by Crippen LogP contribution is 2.30. The van der Waals surface area contributed by atoms with Crippen LogP contribution < -0.4 is 5.32 Å². The Morgan fingerprint density at radius 2 is 1.85 bits per heavy atom. The maximum atomic E-state index is 13.9. The van der Waals surface area contributed by atoms with Crippen molar-refractivity contribution in [2.75, 3.05) is 13.1 Å². The second-order valence-electron chi connectivity index (χ2n) is 8.56. The lowest BCUT2D eigenvalue weighted by molar-refractivity contribution is -0.384. The van der Waals surface area contributed by atoms with Crippen molar-refractivity contribution in [3.8, 4) is 0 Å². The molecular formula is C24H20F2N4O8S2. The molecule has 2 heterocycles. The van der Waals surface area contributed by atoms with E-state index in [0.29, 0.717) is 12.1 Å². The molecule has 12 nitrogen and oxygen atoms in total. The number of rotatable bonds is 9. The first-order chi connectivity index (χ1) is 18.9. The van der Waals surface area contributed by atoms with Crippen LogP contribution in [0.15, 0.2) is 64.2 Å². The topological polar surface area (TPSA) is 167 Å². The number of carbonyl (C=O) groups is 3. The summed E-state index contributed by atoms with van der Waals surface area (Å²) in [6.45, 7) is -0.644. The minimum Gasteiger partial charge on any atom is -0.481 e. The van der Waals surface area contributed by atoms with E-state index in [1.165, 1.54) is 29.6 Å². The minimum atomic E-state index is -4.34. The maximum Gasteiger partial charge on any atom is 0.305 e. The maximum absolute atomic E-state index is 13.9. The van der Waals surface area contributed by atoms with Crippen LogP contribution in [0.25, 0.3) is 0 Å². The van der Waals surface area contributed by atoms with E-state index in [1.807, 2.05) is 0 Å². The average molecular weight is 595 g/mol. The van der Waals surface area contributed by atoms with Crippen molar-refractivity contribution >= 4 is 44.8 Å². The van der Waals surface area contributed by atoms with Crippen LogP contribution in [0, 0.1) is 21.7 Å². The van der Waals surface area contributed by atoms with Gasteiger partial charge in [-0.05, 0) is 35.2 Å². The summed E-state index contributed by atoms with van der Waals surface area (Å²) in [5.41, 5.74) is -0.679. The van der Waals surface area contributed by atoms with E-state index in [9.17, 15) is 46.8 Å². The molecular weight excluding hydrogens is 574 g/mol. The predicted octanol–water partition coefficient (Wildman–Crippen LogP) is 2.74. The highest BCUT2D eigenvalue weighted by atomic mass is 32.2. The van der Waals surface area contributed by atoms with Crippen molar-refractivity contribution in [2.45, 2.75) is 22.8 Å². The van der Waals surface area contributed by atoms with Gasteiger partial charge < -0.3 is 15.3 Å². The molecule has 2 N–H and O–H groups in total. The van der Waals surface area contributed by atoms with Crippen molar-refractivity contribution in [3.63, 3.8) is 0 Å². The molecule has 1 fully saturated rings. The number of aliphatic carboxylic acids is 1. The van der Waals surface area contributed by atoms with E-state index in [4.69, 9.17) is 0 Å². The second-order valence-corrected chi connectivity index (χ2v) is 11.6. The predicted molar refractivity (Wildman–Crippen MR) is 136 cm³/mol. The van der Waals surface area contributed by atoms with Crippen LogP contribution >= 0.6 is 11.3 Å². The van der Waals surface area contributed by atoms with E-state index in [1.54, 1.807) is 0 Å². The fourth-order valence-electron chi connectivity index (χ4n) is 4.19. The highest BCUT2D eigenvalue weighted by molar-refractivity contribution is 7.91. The van der Waals surface area contributed by atoms with E-state index in [0.717, 1.165) is 38.7 Å². The lowest BCUT2D eigenvalue weighted by atomic mass is 10.0. The number of amides is 2. The van der Waals surface area contributed by atoms with Gasteiger partial charge in [0.15, 0.2) is 17.8 Å². The van der Waals surface area contributed by atoms with Gasteiger partial charge in [-0.2, -0.15) is 4.31 Å². The fourth-order valence-corrected chi connectivity index (χ4v) is 6.86. The van der Waals surface area contributed by atoms with Gasteiger partial charge in [-0.15, -0.1) is 11.3 Å². The van der Waals surface area contributed by atoms with E-state index in [2.05, 4.69) is 5.32 Å². The minimum absolute atomic E-state index is 0.0501. The SMILES string of the molecule is O=C(O)CC(NC(=O)C1N(C(=O)c2ccc(F)c(F)c2)CCN1S(=O)(=O)c1cccs1)c1cccc([N+](=O)[O-])c1. The number of sulfonamides is 1. The van der Waals surface area contributed by atoms with Crippen molar-refractivity contribution in [1.82, 2.24) is 14.5 Å². The molecule has 1 aliphatic rings. The Morgan fingerprint density at radius 1 is 1.10 bits per heavy atom. The second kappa shape index (κ2) is 11.4. The van der Waals surface area contributed by atoms with E-state index in [-0.39, 0.29) is 34.1 Å². The Labute approximate surface area is 229 Å². The standard InChI is InChI=1S/C24H20F2N4O8S2/c25-17-7-6-15(12-18(17)26)24(34)28-8-9-29(40(37,38)21-5-2-10-39-21)23(28)22(33)27-19(13-20(31)32)14-3-1-4-16(11-14)30(35)36/h1-7,10-12,19,23H,8-9,13H2,(H,27,33)(H,31,32). The first kappa shape index (κ1) is 28.7. The Bertz CT molecular complexity index is 1580.